The highest BCUT2D eigenvalue weighted by Gasteiger charge is 2.39. The summed E-state index contributed by atoms with van der Waals surface area (Å²) in [5.41, 5.74) is 2.75. The first kappa shape index (κ1) is 14.4. The third kappa shape index (κ3) is 2.76. The van der Waals surface area contributed by atoms with Gasteiger partial charge in [0.05, 0.1) is 0 Å². The van der Waals surface area contributed by atoms with Gasteiger partial charge in [0.15, 0.2) is 0 Å². The molecule has 2 rings (SSSR count). The van der Waals surface area contributed by atoms with Gasteiger partial charge >= 0.3 is 12.0 Å². The molecule has 108 valence electrons. The Balaban J connectivity index is 2.16. The van der Waals surface area contributed by atoms with Gasteiger partial charge in [0, 0.05) is 12.2 Å². The Morgan fingerprint density at radius 1 is 1.35 bits per heavy atom. The summed E-state index contributed by atoms with van der Waals surface area (Å²) in [5, 5.41) is 12.1. The predicted molar refractivity (Wildman–Crippen MR) is 76.8 cm³/mol. The van der Waals surface area contributed by atoms with Crippen molar-refractivity contribution in [1.29, 1.82) is 0 Å². The Labute approximate surface area is 118 Å². The van der Waals surface area contributed by atoms with E-state index in [2.05, 4.69) is 5.32 Å². The summed E-state index contributed by atoms with van der Waals surface area (Å²) in [6.07, 6.45) is 0.719. The summed E-state index contributed by atoms with van der Waals surface area (Å²) in [7, 11) is 0. The number of anilines is 1. The first-order chi connectivity index (χ1) is 9.40. The van der Waals surface area contributed by atoms with E-state index in [9.17, 15) is 14.7 Å². The number of hydrogen-bond acceptors (Lipinski definition) is 2. The topological polar surface area (TPSA) is 69.6 Å². The second kappa shape index (κ2) is 5.53. The highest BCUT2D eigenvalue weighted by Crippen LogP contribution is 2.25. The number of nitrogens with one attached hydrogen (secondary N) is 1. The van der Waals surface area contributed by atoms with Crippen LogP contribution in [0.3, 0.4) is 0 Å². The maximum Gasteiger partial charge on any atom is 0.326 e. The maximum absolute atomic E-state index is 12.3. The number of likely N-dealkylation sites (tertiary alicyclic amines) is 1. The molecule has 2 unspecified atom stereocenters. The van der Waals surface area contributed by atoms with E-state index in [0.717, 1.165) is 23.2 Å². The fourth-order valence-corrected chi connectivity index (χ4v) is 2.61. The van der Waals surface area contributed by atoms with Crippen molar-refractivity contribution in [3.8, 4) is 0 Å². The number of nitrogens with zero attached hydrogens (tertiary/aromatic N) is 1. The normalized spacial score (nSPS) is 21.9. The summed E-state index contributed by atoms with van der Waals surface area (Å²) in [5.74, 6) is -0.956. The number of aryl methyl sites for hydroxylation is 2. The molecule has 1 aliphatic rings. The Morgan fingerprint density at radius 2 is 2.05 bits per heavy atom. The minimum Gasteiger partial charge on any atom is -0.480 e. The van der Waals surface area contributed by atoms with Crippen molar-refractivity contribution in [2.24, 2.45) is 5.92 Å². The van der Waals surface area contributed by atoms with Crippen molar-refractivity contribution in [1.82, 2.24) is 4.90 Å². The van der Waals surface area contributed by atoms with E-state index in [0.29, 0.717) is 6.54 Å². The molecule has 1 fully saturated rings. The average molecular weight is 276 g/mol. The molecule has 0 aliphatic carbocycles. The van der Waals surface area contributed by atoms with Crippen LogP contribution in [0.25, 0.3) is 0 Å². The van der Waals surface area contributed by atoms with Gasteiger partial charge in [-0.1, -0.05) is 19.1 Å². The summed E-state index contributed by atoms with van der Waals surface area (Å²) in [6, 6.07) is 4.73. The molecule has 1 aromatic rings. The van der Waals surface area contributed by atoms with E-state index >= 15 is 0 Å². The van der Waals surface area contributed by atoms with Crippen LogP contribution in [0.5, 0.6) is 0 Å². The van der Waals surface area contributed by atoms with Crippen molar-refractivity contribution >= 4 is 17.7 Å². The minimum absolute atomic E-state index is 0.0168. The molecule has 2 atom stereocenters. The lowest BCUT2D eigenvalue weighted by Gasteiger charge is -2.24. The SMILES string of the molecule is Cc1ccc(C)c(NC(=O)N2CCC(C)C2C(=O)O)c1. The molecule has 1 saturated heterocycles. The second-order valence-corrected chi connectivity index (χ2v) is 5.49. The maximum atomic E-state index is 12.3. The number of amides is 2. The van der Waals surface area contributed by atoms with E-state index in [4.69, 9.17) is 0 Å². The van der Waals surface area contributed by atoms with Crippen LogP contribution in [-0.2, 0) is 4.79 Å². The molecule has 5 heteroatoms. The molecule has 0 bridgehead atoms. The van der Waals surface area contributed by atoms with Gasteiger partial charge in [-0.15, -0.1) is 0 Å². The Kier molecular flexibility index (Phi) is 3.97. The smallest absolute Gasteiger partial charge is 0.326 e. The lowest BCUT2D eigenvalue weighted by molar-refractivity contribution is -0.142. The number of hydrogen-bond donors (Lipinski definition) is 2. The molecule has 2 amide bonds. The highest BCUT2D eigenvalue weighted by atomic mass is 16.4. The average Bonchev–Trinajstić information content (AvgIpc) is 2.76. The molecular formula is C15H20N2O3. The monoisotopic (exact) mass is 276 g/mol. The second-order valence-electron chi connectivity index (χ2n) is 5.49. The fraction of sp³-hybridized carbons (Fsp3) is 0.467. The van der Waals surface area contributed by atoms with Crippen molar-refractivity contribution in [3.63, 3.8) is 0 Å². The van der Waals surface area contributed by atoms with Crippen molar-refractivity contribution in [2.75, 3.05) is 11.9 Å². The lowest BCUT2D eigenvalue weighted by Crippen LogP contribution is -2.44. The zero-order valence-electron chi connectivity index (χ0n) is 12.0. The van der Waals surface area contributed by atoms with Gasteiger partial charge in [-0.25, -0.2) is 9.59 Å². The molecule has 0 spiro atoms. The minimum atomic E-state index is -0.939. The van der Waals surface area contributed by atoms with E-state index in [1.54, 1.807) is 0 Å². The number of rotatable bonds is 2. The van der Waals surface area contributed by atoms with Gasteiger partial charge < -0.3 is 15.3 Å². The molecule has 1 aliphatic heterocycles. The Bertz CT molecular complexity index is 542. The van der Waals surface area contributed by atoms with Gasteiger partial charge in [-0.3, -0.25) is 0 Å². The van der Waals surface area contributed by atoms with Gasteiger partial charge in [0.25, 0.3) is 0 Å². The van der Waals surface area contributed by atoms with E-state index < -0.39 is 12.0 Å². The number of aliphatic carboxylic acids is 1. The van der Waals surface area contributed by atoms with Gasteiger partial charge in [0.2, 0.25) is 0 Å². The zero-order chi connectivity index (χ0) is 14.9. The molecule has 1 aromatic carbocycles. The number of urea groups is 1. The predicted octanol–water partition coefficient (Wildman–Crippen LogP) is 2.63. The third-order valence-corrected chi connectivity index (χ3v) is 3.85. The molecule has 0 radical (unpaired) electrons. The van der Waals surface area contributed by atoms with Crippen LogP contribution >= 0.6 is 0 Å². The van der Waals surface area contributed by atoms with Gasteiger partial charge in [-0.05, 0) is 43.4 Å². The molecule has 1 heterocycles. The van der Waals surface area contributed by atoms with Crippen LogP contribution < -0.4 is 5.32 Å². The molecular weight excluding hydrogens is 256 g/mol. The standard InChI is InChI=1S/C15H20N2O3/c1-9-4-5-10(2)12(8-9)16-15(20)17-7-6-11(3)13(17)14(18)19/h4-5,8,11,13H,6-7H2,1-3H3,(H,16,20)(H,18,19). The van der Waals surface area contributed by atoms with Crippen molar-refractivity contribution in [2.45, 2.75) is 33.2 Å². The molecule has 2 N–H and O–H groups in total. The van der Waals surface area contributed by atoms with E-state index in [-0.39, 0.29) is 11.9 Å². The molecule has 5 nitrogen and oxygen atoms in total. The number of carboxylic acids is 1. The summed E-state index contributed by atoms with van der Waals surface area (Å²) < 4.78 is 0. The fourth-order valence-electron chi connectivity index (χ4n) is 2.61. The quantitative estimate of drug-likeness (QED) is 0.872. The van der Waals surface area contributed by atoms with Crippen molar-refractivity contribution < 1.29 is 14.7 Å². The van der Waals surface area contributed by atoms with Crippen LogP contribution in [0.1, 0.15) is 24.5 Å². The van der Waals surface area contributed by atoms with Crippen LogP contribution in [-0.4, -0.2) is 34.6 Å². The number of benzene rings is 1. The van der Waals surface area contributed by atoms with Gasteiger partial charge in [-0.2, -0.15) is 0 Å². The van der Waals surface area contributed by atoms with Crippen LogP contribution in [0.2, 0.25) is 0 Å². The summed E-state index contributed by atoms with van der Waals surface area (Å²) in [4.78, 5) is 25.0. The number of carboxylic acid groups (broad SMARTS) is 1. The first-order valence-electron chi connectivity index (χ1n) is 6.78. The molecule has 0 aromatic heterocycles. The molecule has 20 heavy (non-hydrogen) atoms. The zero-order valence-corrected chi connectivity index (χ0v) is 12.0. The largest absolute Gasteiger partial charge is 0.480 e. The lowest BCUT2D eigenvalue weighted by atomic mass is 10.0. The third-order valence-electron chi connectivity index (χ3n) is 3.85. The van der Waals surface area contributed by atoms with Crippen LogP contribution in [0.4, 0.5) is 10.5 Å². The number of carbonyl (C=O) groups excluding carboxylic acids is 1. The Morgan fingerprint density at radius 3 is 2.70 bits per heavy atom. The van der Waals surface area contributed by atoms with Crippen LogP contribution in [0.15, 0.2) is 18.2 Å². The summed E-state index contributed by atoms with van der Waals surface area (Å²) >= 11 is 0. The summed E-state index contributed by atoms with van der Waals surface area (Å²) in [6.45, 7) is 6.21. The molecule has 0 saturated carbocycles. The van der Waals surface area contributed by atoms with Crippen LogP contribution in [0, 0.1) is 19.8 Å². The number of carbonyl (C=O) groups is 2. The van der Waals surface area contributed by atoms with Gasteiger partial charge in [0.1, 0.15) is 6.04 Å². The van der Waals surface area contributed by atoms with Crippen molar-refractivity contribution in [3.05, 3.63) is 29.3 Å². The Hall–Kier alpha value is -2.04. The van der Waals surface area contributed by atoms with E-state index in [1.807, 2.05) is 39.0 Å². The highest BCUT2D eigenvalue weighted by molar-refractivity contribution is 5.93. The van der Waals surface area contributed by atoms with E-state index in [1.165, 1.54) is 4.90 Å². The first-order valence-corrected chi connectivity index (χ1v) is 6.78.